The second kappa shape index (κ2) is 11.5. The standard InChI is InChI=1S/C50H34N2O2/c1-50(2)41-19-9-8-17-38(41)39-28-35(26-27-42(39)50)52(34-24-22-32(23-25-34)37-18-10-15-31-12-6-7-16-36(31)37)44-20-11-21-45-48(44)40-29-47-43(30-46(40)53-45)51-49(54-47)33-13-4-3-5-14-33/h3-30H,1-2H3. The fourth-order valence-corrected chi connectivity index (χ4v) is 8.66. The zero-order chi connectivity index (χ0) is 36.0. The Bertz CT molecular complexity index is 3070. The Balaban J connectivity index is 1.12. The Morgan fingerprint density at radius 1 is 0.481 bits per heavy atom. The van der Waals surface area contributed by atoms with Crippen molar-refractivity contribution >= 4 is 60.9 Å². The molecule has 0 atom stereocenters. The number of benzene rings is 8. The summed E-state index contributed by atoms with van der Waals surface area (Å²) >= 11 is 0. The Hall–Kier alpha value is -6.91. The molecule has 10 aromatic rings. The lowest BCUT2D eigenvalue weighted by atomic mass is 9.82. The van der Waals surface area contributed by atoms with Crippen LogP contribution >= 0.6 is 0 Å². The molecule has 2 heterocycles. The third-order valence-corrected chi connectivity index (χ3v) is 11.3. The summed E-state index contributed by atoms with van der Waals surface area (Å²) in [5.41, 5.74) is 14.7. The Labute approximate surface area is 312 Å². The van der Waals surface area contributed by atoms with Crippen molar-refractivity contribution in [1.29, 1.82) is 0 Å². The fraction of sp³-hybridized carbons (Fsp3) is 0.0600. The molecule has 0 N–H and O–H groups in total. The van der Waals surface area contributed by atoms with Gasteiger partial charge in [0.1, 0.15) is 16.7 Å². The van der Waals surface area contributed by atoms with Gasteiger partial charge in [0, 0.05) is 33.8 Å². The Morgan fingerprint density at radius 3 is 2.09 bits per heavy atom. The van der Waals surface area contributed by atoms with Crippen molar-refractivity contribution in [2.24, 2.45) is 0 Å². The maximum absolute atomic E-state index is 6.60. The molecule has 8 aromatic carbocycles. The van der Waals surface area contributed by atoms with E-state index in [-0.39, 0.29) is 5.41 Å². The lowest BCUT2D eigenvalue weighted by Crippen LogP contribution is -2.15. The van der Waals surface area contributed by atoms with Crippen LogP contribution in [-0.4, -0.2) is 4.98 Å². The topological polar surface area (TPSA) is 42.4 Å². The summed E-state index contributed by atoms with van der Waals surface area (Å²) in [6, 6.07) is 60.3. The molecule has 0 unspecified atom stereocenters. The van der Waals surface area contributed by atoms with Crippen molar-refractivity contribution in [3.05, 3.63) is 181 Å². The highest BCUT2D eigenvalue weighted by Gasteiger charge is 2.35. The molecule has 0 saturated heterocycles. The summed E-state index contributed by atoms with van der Waals surface area (Å²) in [6.45, 7) is 4.65. The molecule has 11 rings (SSSR count). The molecule has 2 aromatic heterocycles. The van der Waals surface area contributed by atoms with E-state index in [1.54, 1.807) is 0 Å². The SMILES string of the molecule is CC1(C)c2ccccc2-c2cc(N(c3ccc(-c4cccc5ccccc45)cc3)c3cccc4oc5cc6nc(-c7ccccc7)oc6cc5c34)ccc21. The Kier molecular flexibility index (Phi) is 6.56. The maximum atomic E-state index is 6.60. The number of fused-ring (bicyclic) bond motifs is 8. The summed E-state index contributed by atoms with van der Waals surface area (Å²) in [6.07, 6.45) is 0. The number of hydrogen-bond acceptors (Lipinski definition) is 4. The lowest BCUT2D eigenvalue weighted by molar-refractivity contribution is 0.620. The number of anilines is 3. The van der Waals surface area contributed by atoms with E-state index in [2.05, 4.69) is 146 Å². The number of aromatic nitrogens is 1. The highest BCUT2D eigenvalue weighted by Crippen LogP contribution is 2.51. The minimum atomic E-state index is -0.0861. The average Bonchev–Trinajstić information content (AvgIpc) is 3.87. The molecule has 256 valence electrons. The molecule has 0 spiro atoms. The fourth-order valence-electron chi connectivity index (χ4n) is 8.66. The number of hydrogen-bond donors (Lipinski definition) is 0. The monoisotopic (exact) mass is 694 g/mol. The molecule has 0 fully saturated rings. The third kappa shape index (κ3) is 4.60. The zero-order valence-electron chi connectivity index (χ0n) is 29.9. The van der Waals surface area contributed by atoms with Crippen LogP contribution in [0, 0.1) is 0 Å². The molecule has 54 heavy (non-hydrogen) atoms. The molecule has 1 aliphatic carbocycles. The number of rotatable bonds is 5. The van der Waals surface area contributed by atoms with Crippen molar-refractivity contribution in [2.45, 2.75) is 19.3 Å². The van der Waals surface area contributed by atoms with Gasteiger partial charge in [-0.3, -0.25) is 0 Å². The highest BCUT2D eigenvalue weighted by atomic mass is 16.4. The molecule has 4 heteroatoms. The first-order valence-electron chi connectivity index (χ1n) is 18.5. The minimum Gasteiger partial charge on any atom is -0.456 e. The molecule has 4 nitrogen and oxygen atoms in total. The van der Waals surface area contributed by atoms with Crippen molar-refractivity contribution < 1.29 is 8.83 Å². The van der Waals surface area contributed by atoms with E-state index < -0.39 is 0 Å². The first-order chi connectivity index (χ1) is 26.5. The van der Waals surface area contributed by atoms with Crippen LogP contribution in [0.4, 0.5) is 17.1 Å². The van der Waals surface area contributed by atoms with Gasteiger partial charge in [0.05, 0.1) is 11.1 Å². The van der Waals surface area contributed by atoms with Gasteiger partial charge in [-0.1, -0.05) is 123 Å². The largest absolute Gasteiger partial charge is 0.456 e. The number of oxazole rings is 1. The van der Waals surface area contributed by atoms with Gasteiger partial charge < -0.3 is 13.7 Å². The van der Waals surface area contributed by atoms with Gasteiger partial charge in [0.15, 0.2) is 5.58 Å². The quantitative estimate of drug-likeness (QED) is 0.180. The maximum Gasteiger partial charge on any atom is 0.227 e. The average molecular weight is 695 g/mol. The van der Waals surface area contributed by atoms with Gasteiger partial charge in [0.25, 0.3) is 0 Å². The Morgan fingerprint density at radius 2 is 1.20 bits per heavy atom. The lowest BCUT2D eigenvalue weighted by Gasteiger charge is -2.28. The van der Waals surface area contributed by atoms with E-state index in [4.69, 9.17) is 13.8 Å². The molecular formula is C50H34N2O2. The van der Waals surface area contributed by atoms with Gasteiger partial charge in [0.2, 0.25) is 5.89 Å². The van der Waals surface area contributed by atoms with E-state index in [1.165, 1.54) is 44.2 Å². The highest BCUT2D eigenvalue weighted by molar-refractivity contribution is 6.16. The van der Waals surface area contributed by atoms with Crippen molar-refractivity contribution in [3.8, 4) is 33.7 Å². The minimum absolute atomic E-state index is 0.0861. The predicted octanol–water partition coefficient (Wildman–Crippen LogP) is 14.0. The van der Waals surface area contributed by atoms with Gasteiger partial charge in [-0.2, -0.15) is 0 Å². The van der Waals surface area contributed by atoms with Crippen molar-refractivity contribution in [1.82, 2.24) is 4.98 Å². The molecule has 0 saturated carbocycles. The molecule has 0 amide bonds. The molecule has 0 radical (unpaired) electrons. The number of nitrogens with zero attached hydrogens (tertiary/aromatic N) is 2. The second-order valence-electron chi connectivity index (χ2n) is 14.8. The van der Waals surface area contributed by atoms with Crippen LogP contribution < -0.4 is 4.90 Å². The van der Waals surface area contributed by atoms with E-state index in [0.717, 1.165) is 55.7 Å². The zero-order valence-corrected chi connectivity index (χ0v) is 29.9. The van der Waals surface area contributed by atoms with Crippen LogP contribution in [0.25, 0.3) is 77.5 Å². The molecule has 0 bridgehead atoms. The smallest absolute Gasteiger partial charge is 0.227 e. The molecular weight excluding hydrogens is 661 g/mol. The predicted molar refractivity (Wildman–Crippen MR) is 222 cm³/mol. The van der Waals surface area contributed by atoms with Crippen LogP contribution in [-0.2, 0) is 5.41 Å². The van der Waals surface area contributed by atoms with E-state index >= 15 is 0 Å². The summed E-state index contributed by atoms with van der Waals surface area (Å²) in [5, 5.41) is 4.48. The van der Waals surface area contributed by atoms with Crippen LogP contribution in [0.5, 0.6) is 0 Å². The molecule has 1 aliphatic rings. The van der Waals surface area contributed by atoms with Crippen LogP contribution in [0.15, 0.2) is 179 Å². The summed E-state index contributed by atoms with van der Waals surface area (Å²) < 4.78 is 13.0. The van der Waals surface area contributed by atoms with E-state index in [9.17, 15) is 0 Å². The summed E-state index contributed by atoms with van der Waals surface area (Å²) in [5.74, 6) is 0.594. The van der Waals surface area contributed by atoms with Crippen molar-refractivity contribution in [3.63, 3.8) is 0 Å². The van der Waals surface area contributed by atoms with Crippen molar-refractivity contribution in [2.75, 3.05) is 4.90 Å². The van der Waals surface area contributed by atoms with E-state index in [1.807, 2.05) is 42.5 Å². The van der Waals surface area contributed by atoms with Gasteiger partial charge in [-0.15, -0.1) is 0 Å². The summed E-state index contributed by atoms with van der Waals surface area (Å²) in [4.78, 5) is 7.21. The normalized spacial score (nSPS) is 13.1. The van der Waals surface area contributed by atoms with Gasteiger partial charge in [-0.25, -0.2) is 4.98 Å². The van der Waals surface area contributed by atoms with Crippen LogP contribution in [0.2, 0.25) is 0 Å². The first kappa shape index (κ1) is 30.7. The van der Waals surface area contributed by atoms with Crippen LogP contribution in [0.3, 0.4) is 0 Å². The first-order valence-corrected chi connectivity index (χ1v) is 18.5. The van der Waals surface area contributed by atoms with Gasteiger partial charge in [-0.05, 0) is 98.8 Å². The van der Waals surface area contributed by atoms with Gasteiger partial charge >= 0.3 is 0 Å². The molecule has 0 aliphatic heterocycles. The van der Waals surface area contributed by atoms with E-state index in [0.29, 0.717) is 5.89 Å². The number of furan rings is 1. The van der Waals surface area contributed by atoms with Crippen LogP contribution in [0.1, 0.15) is 25.0 Å². The second-order valence-corrected chi connectivity index (χ2v) is 14.8. The summed E-state index contributed by atoms with van der Waals surface area (Å²) in [7, 11) is 0. The third-order valence-electron chi connectivity index (χ3n) is 11.3.